The first kappa shape index (κ1) is 20.5. The van der Waals surface area contributed by atoms with Crippen molar-refractivity contribution >= 4 is 11.8 Å². The van der Waals surface area contributed by atoms with Gasteiger partial charge in [-0.15, -0.1) is 0 Å². The maximum Gasteiger partial charge on any atom is 0.259 e. The zero-order chi connectivity index (χ0) is 21.4. The molecule has 3 fully saturated rings. The Bertz CT molecular complexity index is 938. The Balaban J connectivity index is 1.40. The van der Waals surface area contributed by atoms with Crippen LogP contribution in [0, 0.1) is 17.8 Å². The van der Waals surface area contributed by atoms with Gasteiger partial charge < -0.3 is 14.8 Å². The van der Waals surface area contributed by atoms with Crippen molar-refractivity contribution in [2.75, 3.05) is 19.6 Å². The first-order valence-corrected chi connectivity index (χ1v) is 12.1. The quantitative estimate of drug-likeness (QED) is 0.737. The van der Waals surface area contributed by atoms with Crippen molar-refractivity contribution in [3.05, 3.63) is 45.9 Å². The molecule has 0 unspecified atom stereocenters. The number of rotatable bonds is 5. The summed E-state index contributed by atoms with van der Waals surface area (Å²) >= 11 is 0. The number of piperidine rings is 1. The number of pyridine rings is 1. The van der Waals surface area contributed by atoms with E-state index in [4.69, 9.17) is 0 Å². The highest BCUT2D eigenvalue weighted by Crippen LogP contribution is 2.43. The highest BCUT2D eigenvalue weighted by Gasteiger charge is 2.36. The number of likely N-dealkylation sites (tertiary alicyclic amines) is 1. The van der Waals surface area contributed by atoms with Gasteiger partial charge in [0, 0.05) is 38.1 Å². The summed E-state index contributed by atoms with van der Waals surface area (Å²) in [6.07, 6.45) is 17.7. The van der Waals surface area contributed by atoms with Crippen molar-refractivity contribution in [1.29, 1.82) is 0 Å². The third-order valence-corrected chi connectivity index (χ3v) is 7.85. The minimum atomic E-state index is -0.421. The van der Waals surface area contributed by atoms with Crippen LogP contribution in [0.4, 0.5) is 0 Å². The number of allylic oxidation sites excluding steroid dienone is 2. The Kier molecular flexibility index (Phi) is 5.72. The van der Waals surface area contributed by atoms with Crippen LogP contribution in [0.2, 0.25) is 0 Å². The van der Waals surface area contributed by atoms with Gasteiger partial charge in [0.05, 0.1) is 0 Å². The van der Waals surface area contributed by atoms with Crippen LogP contribution in [-0.2, 0) is 0 Å². The molecule has 31 heavy (non-hydrogen) atoms. The molecule has 1 aliphatic heterocycles. The summed E-state index contributed by atoms with van der Waals surface area (Å²) < 4.78 is 1.97. The summed E-state index contributed by atoms with van der Waals surface area (Å²) in [5, 5.41) is 3.02. The SMILES string of the molecule is O=C(NC[C@H]1C[C@@H]2C=C[C@H]1C2)c1cn(C2CCCC2)cc(C(=O)N2CCCCC2)c1=O. The van der Waals surface area contributed by atoms with Gasteiger partial charge in [-0.25, -0.2) is 0 Å². The van der Waals surface area contributed by atoms with E-state index in [2.05, 4.69) is 17.5 Å². The zero-order valence-electron chi connectivity index (χ0n) is 18.2. The average molecular weight is 424 g/mol. The normalized spacial score (nSPS) is 27.7. The number of aromatic nitrogens is 1. The van der Waals surface area contributed by atoms with Crippen LogP contribution in [0.5, 0.6) is 0 Å². The molecule has 2 heterocycles. The number of amides is 2. The number of nitrogens with zero attached hydrogens (tertiary/aromatic N) is 2. The molecule has 1 aromatic rings. The van der Waals surface area contributed by atoms with Gasteiger partial charge in [0.1, 0.15) is 11.1 Å². The fraction of sp³-hybridized carbons (Fsp3) is 0.640. The van der Waals surface area contributed by atoms with E-state index in [0.29, 0.717) is 37.4 Å². The average Bonchev–Trinajstić information content (AvgIpc) is 3.56. The van der Waals surface area contributed by atoms with Crippen LogP contribution in [0.3, 0.4) is 0 Å². The van der Waals surface area contributed by atoms with Crippen molar-refractivity contribution in [1.82, 2.24) is 14.8 Å². The molecule has 2 amide bonds. The van der Waals surface area contributed by atoms with Crippen LogP contribution in [0.25, 0.3) is 0 Å². The van der Waals surface area contributed by atoms with Crippen LogP contribution in [-0.4, -0.2) is 40.9 Å². The Morgan fingerprint density at radius 2 is 1.68 bits per heavy atom. The molecule has 4 aliphatic rings. The lowest BCUT2D eigenvalue weighted by Crippen LogP contribution is -2.41. The molecule has 1 aromatic heterocycles. The highest BCUT2D eigenvalue weighted by molar-refractivity contribution is 5.99. The minimum Gasteiger partial charge on any atom is -0.352 e. The van der Waals surface area contributed by atoms with Gasteiger partial charge in [0.15, 0.2) is 0 Å². The minimum absolute atomic E-state index is 0.119. The monoisotopic (exact) mass is 423 g/mol. The molecule has 1 saturated heterocycles. The lowest BCUT2D eigenvalue weighted by Gasteiger charge is -2.27. The molecule has 0 spiro atoms. The zero-order valence-corrected chi connectivity index (χ0v) is 18.2. The van der Waals surface area contributed by atoms with Crippen molar-refractivity contribution < 1.29 is 9.59 Å². The van der Waals surface area contributed by atoms with Gasteiger partial charge >= 0.3 is 0 Å². The van der Waals surface area contributed by atoms with E-state index in [-0.39, 0.29) is 29.0 Å². The molecular weight excluding hydrogens is 390 g/mol. The predicted molar refractivity (Wildman–Crippen MR) is 119 cm³/mol. The van der Waals surface area contributed by atoms with E-state index in [9.17, 15) is 14.4 Å². The molecule has 2 saturated carbocycles. The smallest absolute Gasteiger partial charge is 0.259 e. The van der Waals surface area contributed by atoms with Crippen LogP contribution in [0.15, 0.2) is 29.3 Å². The molecule has 3 aliphatic carbocycles. The van der Waals surface area contributed by atoms with Gasteiger partial charge in [-0.2, -0.15) is 0 Å². The molecule has 0 radical (unpaired) electrons. The second-order valence-corrected chi connectivity index (χ2v) is 9.90. The van der Waals surface area contributed by atoms with Crippen LogP contribution >= 0.6 is 0 Å². The summed E-state index contributed by atoms with van der Waals surface area (Å²) in [6, 6.07) is 0.260. The fourth-order valence-corrected chi connectivity index (χ4v) is 6.04. The molecule has 6 nitrogen and oxygen atoms in total. The summed E-state index contributed by atoms with van der Waals surface area (Å²) in [7, 11) is 0. The third-order valence-electron chi connectivity index (χ3n) is 7.85. The first-order valence-electron chi connectivity index (χ1n) is 12.1. The lowest BCUT2D eigenvalue weighted by molar-refractivity contribution is 0.0722. The van der Waals surface area contributed by atoms with Gasteiger partial charge in [0.2, 0.25) is 5.43 Å². The summed E-state index contributed by atoms with van der Waals surface area (Å²) in [4.78, 5) is 41.3. The summed E-state index contributed by atoms with van der Waals surface area (Å²) in [5.74, 6) is 1.10. The number of hydrogen-bond acceptors (Lipinski definition) is 3. The Labute approximate surface area is 183 Å². The van der Waals surface area contributed by atoms with Crippen molar-refractivity contribution in [3.8, 4) is 0 Å². The Morgan fingerprint density at radius 3 is 2.35 bits per heavy atom. The first-order chi connectivity index (χ1) is 15.1. The van der Waals surface area contributed by atoms with Gasteiger partial charge in [0.25, 0.3) is 11.8 Å². The Morgan fingerprint density at radius 1 is 0.935 bits per heavy atom. The van der Waals surface area contributed by atoms with Crippen molar-refractivity contribution in [2.45, 2.75) is 63.8 Å². The topological polar surface area (TPSA) is 71.4 Å². The maximum atomic E-state index is 13.3. The van der Waals surface area contributed by atoms with E-state index in [1.54, 1.807) is 17.3 Å². The van der Waals surface area contributed by atoms with E-state index in [0.717, 1.165) is 51.4 Å². The molecule has 6 heteroatoms. The van der Waals surface area contributed by atoms with E-state index in [1.165, 1.54) is 6.42 Å². The standard InChI is InChI=1S/C25H33N3O3/c29-23-21(24(30)26-14-19-13-17-8-9-18(19)12-17)15-28(20-6-2-3-7-20)16-22(23)25(31)27-10-4-1-5-11-27/h8-9,15-20H,1-7,10-14H2,(H,26,30)/t17-,18+,19-/m1/s1. The largest absolute Gasteiger partial charge is 0.352 e. The maximum absolute atomic E-state index is 13.3. The number of nitrogens with one attached hydrogen (secondary N) is 1. The summed E-state index contributed by atoms with van der Waals surface area (Å²) in [5.41, 5.74) is -0.145. The third kappa shape index (κ3) is 4.09. The van der Waals surface area contributed by atoms with Crippen molar-refractivity contribution in [2.24, 2.45) is 17.8 Å². The molecular formula is C25H33N3O3. The van der Waals surface area contributed by atoms with Crippen LogP contribution < -0.4 is 10.7 Å². The second-order valence-electron chi connectivity index (χ2n) is 9.90. The Hall–Kier alpha value is -2.37. The molecule has 2 bridgehead atoms. The van der Waals surface area contributed by atoms with Gasteiger partial charge in [-0.3, -0.25) is 14.4 Å². The summed E-state index contributed by atoms with van der Waals surface area (Å²) in [6.45, 7) is 1.98. The molecule has 166 valence electrons. The number of hydrogen-bond donors (Lipinski definition) is 1. The number of carbonyl (C=O) groups excluding carboxylic acids is 2. The van der Waals surface area contributed by atoms with Gasteiger partial charge in [-0.05, 0) is 62.7 Å². The molecule has 3 atom stereocenters. The highest BCUT2D eigenvalue weighted by atomic mass is 16.2. The number of fused-ring (bicyclic) bond motifs is 2. The lowest BCUT2D eigenvalue weighted by atomic mass is 9.93. The van der Waals surface area contributed by atoms with Crippen LogP contribution in [0.1, 0.15) is 84.5 Å². The van der Waals surface area contributed by atoms with E-state index >= 15 is 0 Å². The fourth-order valence-electron chi connectivity index (χ4n) is 6.04. The predicted octanol–water partition coefficient (Wildman–Crippen LogP) is 3.53. The van der Waals surface area contributed by atoms with Gasteiger partial charge in [-0.1, -0.05) is 25.0 Å². The van der Waals surface area contributed by atoms with E-state index < -0.39 is 5.43 Å². The molecule has 5 rings (SSSR count). The molecule has 1 N–H and O–H groups in total. The molecule has 0 aromatic carbocycles. The number of carbonyl (C=O) groups is 2. The van der Waals surface area contributed by atoms with Crippen molar-refractivity contribution in [3.63, 3.8) is 0 Å². The second kappa shape index (κ2) is 8.64. The van der Waals surface area contributed by atoms with E-state index in [1.807, 2.05) is 4.57 Å².